The zero-order valence-corrected chi connectivity index (χ0v) is 12.3. The molecule has 1 heterocycles. The second-order valence-electron chi connectivity index (χ2n) is 5.17. The Morgan fingerprint density at radius 3 is 2.46 bits per heavy atom. The summed E-state index contributed by atoms with van der Waals surface area (Å²) in [5.74, 6) is -3.48. The Bertz CT molecular complexity index is 888. The lowest BCUT2D eigenvalue weighted by molar-refractivity contribution is -0.115. The molecule has 120 valence electrons. The number of nitrogens with zero attached hydrogens (tertiary/aromatic N) is 1. The van der Waals surface area contributed by atoms with Crippen LogP contribution in [0.3, 0.4) is 0 Å². The normalized spacial score (nSPS) is 16.0. The monoisotopic (exact) mass is 324 g/mol. The van der Waals surface area contributed by atoms with Crippen LogP contribution in [-0.4, -0.2) is 34.3 Å². The Morgan fingerprint density at radius 2 is 1.75 bits per heavy atom. The molecule has 0 fully saturated rings. The van der Waals surface area contributed by atoms with Gasteiger partial charge in [0.2, 0.25) is 5.91 Å². The maximum absolute atomic E-state index is 12.0. The Hall–Kier alpha value is -3.48. The number of fused-ring (bicyclic) bond motifs is 1. The SMILES string of the molecule is O=C(O)c1ccc(N=CC2C(=O)Nc3ccccc32)cc1C(=O)O. The van der Waals surface area contributed by atoms with Crippen molar-refractivity contribution < 1.29 is 24.6 Å². The highest BCUT2D eigenvalue weighted by atomic mass is 16.4. The van der Waals surface area contributed by atoms with Gasteiger partial charge in [0.25, 0.3) is 0 Å². The van der Waals surface area contributed by atoms with E-state index in [0.29, 0.717) is 5.69 Å². The van der Waals surface area contributed by atoms with E-state index >= 15 is 0 Å². The second kappa shape index (κ2) is 5.96. The number of benzene rings is 2. The van der Waals surface area contributed by atoms with E-state index < -0.39 is 17.9 Å². The summed E-state index contributed by atoms with van der Waals surface area (Å²) >= 11 is 0. The number of carbonyl (C=O) groups is 3. The highest BCUT2D eigenvalue weighted by Gasteiger charge is 2.28. The number of hydrogen-bond donors (Lipinski definition) is 3. The predicted molar refractivity (Wildman–Crippen MR) is 86.3 cm³/mol. The van der Waals surface area contributed by atoms with E-state index in [4.69, 9.17) is 10.2 Å². The van der Waals surface area contributed by atoms with E-state index in [1.807, 2.05) is 12.1 Å². The third-order valence-corrected chi connectivity index (χ3v) is 3.67. The van der Waals surface area contributed by atoms with Gasteiger partial charge in [-0.1, -0.05) is 18.2 Å². The third kappa shape index (κ3) is 2.74. The van der Waals surface area contributed by atoms with Gasteiger partial charge >= 0.3 is 11.9 Å². The van der Waals surface area contributed by atoms with E-state index in [2.05, 4.69) is 10.3 Å². The van der Waals surface area contributed by atoms with Crippen molar-refractivity contribution in [2.24, 2.45) is 4.99 Å². The van der Waals surface area contributed by atoms with Gasteiger partial charge in [0.1, 0.15) is 5.92 Å². The van der Waals surface area contributed by atoms with Crippen molar-refractivity contribution in [1.82, 2.24) is 0 Å². The summed E-state index contributed by atoms with van der Waals surface area (Å²) in [6, 6.07) is 10.9. The fourth-order valence-corrected chi connectivity index (χ4v) is 2.52. The minimum atomic E-state index is -1.35. The zero-order chi connectivity index (χ0) is 17.3. The molecule has 1 atom stereocenters. The largest absolute Gasteiger partial charge is 0.478 e. The molecule has 2 aromatic carbocycles. The number of rotatable bonds is 4. The van der Waals surface area contributed by atoms with Crippen molar-refractivity contribution in [3.8, 4) is 0 Å². The van der Waals surface area contributed by atoms with Crippen LogP contribution in [0.25, 0.3) is 0 Å². The molecule has 7 heteroatoms. The van der Waals surface area contributed by atoms with Gasteiger partial charge in [-0.15, -0.1) is 0 Å². The average molecular weight is 324 g/mol. The van der Waals surface area contributed by atoms with Crippen molar-refractivity contribution >= 4 is 35.4 Å². The Kier molecular flexibility index (Phi) is 3.83. The van der Waals surface area contributed by atoms with E-state index in [1.54, 1.807) is 12.1 Å². The Balaban J connectivity index is 1.93. The molecule has 1 amide bonds. The Morgan fingerprint density at radius 1 is 1.04 bits per heavy atom. The third-order valence-electron chi connectivity index (χ3n) is 3.67. The van der Waals surface area contributed by atoms with E-state index in [1.165, 1.54) is 24.4 Å². The molecule has 0 aliphatic carbocycles. The molecular formula is C17H12N2O5. The molecule has 1 unspecified atom stereocenters. The molecule has 24 heavy (non-hydrogen) atoms. The molecule has 0 spiro atoms. The fraction of sp³-hybridized carbons (Fsp3) is 0.0588. The van der Waals surface area contributed by atoms with E-state index in [-0.39, 0.29) is 22.7 Å². The average Bonchev–Trinajstić information content (AvgIpc) is 2.87. The van der Waals surface area contributed by atoms with Crippen LogP contribution in [0.15, 0.2) is 47.5 Å². The molecule has 0 saturated carbocycles. The minimum absolute atomic E-state index is 0.222. The maximum atomic E-state index is 12.0. The van der Waals surface area contributed by atoms with Gasteiger partial charge in [-0.3, -0.25) is 9.79 Å². The predicted octanol–water partition coefficient (Wildman–Crippen LogP) is 2.52. The molecule has 0 radical (unpaired) electrons. The first-order valence-electron chi connectivity index (χ1n) is 7.02. The quantitative estimate of drug-likeness (QED) is 0.747. The van der Waals surface area contributed by atoms with Gasteiger partial charge in [0, 0.05) is 11.9 Å². The summed E-state index contributed by atoms with van der Waals surface area (Å²) in [5.41, 5.74) is 1.09. The van der Waals surface area contributed by atoms with Crippen LogP contribution in [0.4, 0.5) is 11.4 Å². The summed E-state index contributed by atoms with van der Waals surface area (Å²) in [5, 5.41) is 20.8. The number of amides is 1. The van der Waals surface area contributed by atoms with Crippen LogP contribution < -0.4 is 5.32 Å². The topological polar surface area (TPSA) is 116 Å². The molecule has 1 aliphatic rings. The molecule has 3 N–H and O–H groups in total. The molecule has 7 nitrogen and oxygen atoms in total. The zero-order valence-electron chi connectivity index (χ0n) is 12.3. The molecule has 0 bridgehead atoms. The second-order valence-corrected chi connectivity index (χ2v) is 5.17. The molecule has 2 aromatic rings. The first-order valence-corrected chi connectivity index (χ1v) is 7.02. The van der Waals surface area contributed by atoms with Gasteiger partial charge < -0.3 is 15.5 Å². The molecule has 0 aromatic heterocycles. The van der Waals surface area contributed by atoms with Crippen LogP contribution in [0, 0.1) is 0 Å². The minimum Gasteiger partial charge on any atom is -0.478 e. The number of hydrogen-bond acceptors (Lipinski definition) is 4. The van der Waals surface area contributed by atoms with Gasteiger partial charge in [0.05, 0.1) is 16.8 Å². The standard InChI is InChI=1S/C17H12N2O5/c20-15-13(10-3-1-2-4-14(10)19-15)8-18-9-5-6-11(16(21)22)12(7-9)17(23)24/h1-8,13H,(H,19,20)(H,21,22)(H,23,24). The van der Waals surface area contributed by atoms with Crippen LogP contribution in [0.5, 0.6) is 0 Å². The molecular weight excluding hydrogens is 312 g/mol. The first-order chi connectivity index (χ1) is 11.5. The van der Waals surface area contributed by atoms with E-state index in [9.17, 15) is 14.4 Å². The lowest BCUT2D eigenvalue weighted by Gasteiger charge is -2.04. The maximum Gasteiger partial charge on any atom is 0.336 e. The van der Waals surface area contributed by atoms with Gasteiger partial charge in [0.15, 0.2) is 0 Å². The number of nitrogens with one attached hydrogen (secondary N) is 1. The van der Waals surface area contributed by atoms with Gasteiger partial charge in [-0.25, -0.2) is 9.59 Å². The summed E-state index contributed by atoms with van der Waals surface area (Å²) in [7, 11) is 0. The molecule has 0 saturated heterocycles. The van der Waals surface area contributed by atoms with Crippen LogP contribution >= 0.6 is 0 Å². The summed E-state index contributed by atoms with van der Waals surface area (Å²) in [6.45, 7) is 0. The number of carbonyl (C=O) groups excluding carboxylic acids is 1. The number of para-hydroxylation sites is 1. The number of carboxylic acids is 2. The van der Waals surface area contributed by atoms with Crippen molar-refractivity contribution in [3.05, 3.63) is 59.2 Å². The van der Waals surface area contributed by atoms with Gasteiger partial charge in [-0.05, 0) is 29.8 Å². The van der Waals surface area contributed by atoms with E-state index in [0.717, 1.165) is 5.56 Å². The smallest absolute Gasteiger partial charge is 0.336 e. The summed E-state index contributed by atoms with van der Waals surface area (Å²) < 4.78 is 0. The first kappa shape index (κ1) is 15.4. The molecule has 1 aliphatic heterocycles. The highest BCUT2D eigenvalue weighted by Crippen LogP contribution is 2.31. The highest BCUT2D eigenvalue weighted by molar-refractivity contribution is 6.12. The van der Waals surface area contributed by atoms with Crippen molar-refractivity contribution in [2.45, 2.75) is 5.92 Å². The van der Waals surface area contributed by atoms with Crippen LogP contribution in [0.2, 0.25) is 0 Å². The number of carboxylic acid groups (broad SMARTS) is 2. The summed E-state index contributed by atoms with van der Waals surface area (Å²) in [6.07, 6.45) is 1.42. The summed E-state index contributed by atoms with van der Waals surface area (Å²) in [4.78, 5) is 38.3. The molecule has 3 rings (SSSR count). The van der Waals surface area contributed by atoms with Crippen molar-refractivity contribution in [2.75, 3.05) is 5.32 Å². The van der Waals surface area contributed by atoms with Crippen LogP contribution in [-0.2, 0) is 4.79 Å². The number of aliphatic imine (C=N–C) groups is 1. The lowest BCUT2D eigenvalue weighted by atomic mass is 10.0. The van der Waals surface area contributed by atoms with Crippen LogP contribution in [0.1, 0.15) is 32.2 Å². The fourth-order valence-electron chi connectivity index (χ4n) is 2.52. The number of aromatic carboxylic acids is 2. The Labute approximate surface area is 136 Å². The lowest BCUT2D eigenvalue weighted by Crippen LogP contribution is -2.12. The number of anilines is 1. The van der Waals surface area contributed by atoms with Crippen molar-refractivity contribution in [3.63, 3.8) is 0 Å². The van der Waals surface area contributed by atoms with Crippen molar-refractivity contribution in [1.29, 1.82) is 0 Å². The van der Waals surface area contributed by atoms with Gasteiger partial charge in [-0.2, -0.15) is 0 Å².